The summed E-state index contributed by atoms with van der Waals surface area (Å²) in [6.45, 7) is 0.423. The van der Waals surface area contributed by atoms with Gasteiger partial charge >= 0.3 is 5.97 Å². The fraction of sp³-hybridized carbons (Fsp3) is 0.500. The molecule has 23 heavy (non-hydrogen) atoms. The van der Waals surface area contributed by atoms with E-state index in [9.17, 15) is 14.7 Å². The fourth-order valence-corrected chi connectivity index (χ4v) is 2.80. The van der Waals surface area contributed by atoms with Gasteiger partial charge in [-0.3, -0.25) is 4.79 Å². The Balaban J connectivity index is 2.40. The number of rotatable bonds is 5. The van der Waals surface area contributed by atoms with Crippen LogP contribution in [0.1, 0.15) is 29.6 Å². The van der Waals surface area contributed by atoms with E-state index in [-0.39, 0.29) is 5.91 Å². The van der Waals surface area contributed by atoms with E-state index in [0.717, 1.165) is 12.8 Å². The SMILES string of the molecule is COc1cc(C(=O)N2CCCCC2C(=O)O)cc(OC)c1OC. The second-order valence-electron chi connectivity index (χ2n) is 5.26. The lowest BCUT2D eigenvalue weighted by Gasteiger charge is -2.33. The molecule has 1 aliphatic rings. The minimum Gasteiger partial charge on any atom is -0.493 e. The first-order valence-corrected chi connectivity index (χ1v) is 7.37. The van der Waals surface area contributed by atoms with Crippen LogP contribution in [0.5, 0.6) is 17.2 Å². The minimum atomic E-state index is -0.981. The Morgan fingerprint density at radius 2 is 1.70 bits per heavy atom. The fourth-order valence-electron chi connectivity index (χ4n) is 2.80. The highest BCUT2D eigenvalue weighted by Crippen LogP contribution is 2.38. The summed E-state index contributed by atoms with van der Waals surface area (Å²) in [7, 11) is 4.41. The van der Waals surface area contributed by atoms with Crippen molar-refractivity contribution < 1.29 is 28.9 Å². The van der Waals surface area contributed by atoms with Crippen LogP contribution in [0.25, 0.3) is 0 Å². The van der Waals surface area contributed by atoms with Gasteiger partial charge in [-0.1, -0.05) is 0 Å². The number of benzene rings is 1. The largest absolute Gasteiger partial charge is 0.493 e. The Morgan fingerprint density at radius 3 is 2.17 bits per heavy atom. The molecule has 0 aliphatic carbocycles. The maximum atomic E-state index is 12.8. The summed E-state index contributed by atoms with van der Waals surface area (Å²) in [6, 6.07) is 2.28. The number of ether oxygens (including phenoxy) is 3. The van der Waals surface area contributed by atoms with Crippen molar-refractivity contribution in [1.29, 1.82) is 0 Å². The number of carboxylic acid groups (broad SMARTS) is 1. The number of likely N-dealkylation sites (tertiary alicyclic amines) is 1. The highest BCUT2D eigenvalue weighted by Gasteiger charge is 2.33. The van der Waals surface area contributed by atoms with Crippen molar-refractivity contribution >= 4 is 11.9 Å². The molecule has 0 aromatic heterocycles. The topological polar surface area (TPSA) is 85.3 Å². The Hall–Kier alpha value is -2.44. The second-order valence-corrected chi connectivity index (χ2v) is 5.26. The third kappa shape index (κ3) is 3.33. The number of carbonyl (C=O) groups is 2. The van der Waals surface area contributed by atoms with Crippen LogP contribution in [0.15, 0.2) is 12.1 Å². The number of aliphatic carboxylic acids is 1. The van der Waals surface area contributed by atoms with Crippen molar-refractivity contribution in [2.24, 2.45) is 0 Å². The lowest BCUT2D eigenvalue weighted by Crippen LogP contribution is -2.48. The van der Waals surface area contributed by atoms with Crippen LogP contribution >= 0.6 is 0 Å². The van der Waals surface area contributed by atoms with Crippen molar-refractivity contribution in [1.82, 2.24) is 4.90 Å². The minimum absolute atomic E-state index is 0.313. The Morgan fingerprint density at radius 1 is 1.09 bits per heavy atom. The van der Waals surface area contributed by atoms with Gasteiger partial charge in [0.15, 0.2) is 11.5 Å². The van der Waals surface area contributed by atoms with Gasteiger partial charge in [0.25, 0.3) is 5.91 Å². The third-order valence-corrected chi connectivity index (χ3v) is 3.96. The molecule has 1 aromatic carbocycles. The number of hydrogen-bond donors (Lipinski definition) is 1. The van der Waals surface area contributed by atoms with E-state index >= 15 is 0 Å². The molecule has 0 radical (unpaired) electrons. The van der Waals surface area contributed by atoms with E-state index in [2.05, 4.69) is 0 Å². The lowest BCUT2D eigenvalue weighted by atomic mass is 10.0. The molecule has 0 bridgehead atoms. The molecule has 1 atom stereocenters. The maximum absolute atomic E-state index is 12.8. The van der Waals surface area contributed by atoms with Crippen molar-refractivity contribution in [3.63, 3.8) is 0 Å². The molecule has 1 N–H and O–H groups in total. The summed E-state index contributed by atoms with van der Waals surface area (Å²) in [4.78, 5) is 25.5. The van der Waals surface area contributed by atoms with Crippen LogP contribution in [0.3, 0.4) is 0 Å². The van der Waals surface area contributed by atoms with Crippen LogP contribution in [0.4, 0.5) is 0 Å². The molecule has 1 amide bonds. The molecule has 1 unspecified atom stereocenters. The zero-order valence-electron chi connectivity index (χ0n) is 13.5. The van der Waals surface area contributed by atoms with E-state index in [1.165, 1.54) is 38.4 Å². The predicted octanol–water partition coefficient (Wildman–Crippen LogP) is 1.79. The molecule has 1 aliphatic heterocycles. The van der Waals surface area contributed by atoms with Gasteiger partial charge in [0, 0.05) is 12.1 Å². The van der Waals surface area contributed by atoms with Crippen molar-refractivity contribution in [2.45, 2.75) is 25.3 Å². The van der Waals surface area contributed by atoms with E-state index in [1.807, 2.05) is 0 Å². The Kier molecular flexibility index (Phi) is 5.31. The quantitative estimate of drug-likeness (QED) is 0.889. The summed E-state index contributed by atoms with van der Waals surface area (Å²) >= 11 is 0. The molecule has 1 aromatic rings. The van der Waals surface area contributed by atoms with E-state index in [1.54, 1.807) is 0 Å². The summed E-state index contributed by atoms with van der Waals surface area (Å²) in [5, 5.41) is 9.32. The molecule has 0 spiro atoms. The number of piperidine rings is 1. The smallest absolute Gasteiger partial charge is 0.326 e. The van der Waals surface area contributed by atoms with Crippen LogP contribution in [0.2, 0.25) is 0 Å². The standard InChI is InChI=1S/C16H21NO6/c1-21-12-8-10(9-13(22-2)14(12)23-3)15(18)17-7-5-4-6-11(17)16(19)20/h8-9,11H,4-7H2,1-3H3,(H,19,20). The molecule has 2 rings (SSSR count). The van der Waals surface area contributed by atoms with Crippen molar-refractivity contribution in [3.8, 4) is 17.2 Å². The Bertz CT molecular complexity index is 575. The third-order valence-electron chi connectivity index (χ3n) is 3.96. The summed E-state index contributed by atoms with van der Waals surface area (Å²) < 4.78 is 15.7. The first-order valence-electron chi connectivity index (χ1n) is 7.37. The van der Waals surface area contributed by atoms with Gasteiger partial charge in [0.1, 0.15) is 6.04 Å². The first kappa shape index (κ1) is 16.9. The highest BCUT2D eigenvalue weighted by molar-refractivity contribution is 5.98. The van der Waals surface area contributed by atoms with Gasteiger partial charge in [-0.2, -0.15) is 0 Å². The number of carbonyl (C=O) groups excluding carboxylic acids is 1. The van der Waals surface area contributed by atoms with Gasteiger partial charge in [-0.25, -0.2) is 4.79 Å². The molecule has 7 nitrogen and oxygen atoms in total. The Labute approximate surface area is 134 Å². The van der Waals surface area contributed by atoms with Gasteiger partial charge < -0.3 is 24.2 Å². The van der Waals surface area contributed by atoms with Crippen molar-refractivity contribution in [2.75, 3.05) is 27.9 Å². The number of carboxylic acids is 1. The van der Waals surface area contributed by atoms with Crippen LogP contribution in [0, 0.1) is 0 Å². The zero-order chi connectivity index (χ0) is 17.0. The molecular weight excluding hydrogens is 302 g/mol. The summed E-state index contributed by atoms with van der Waals surface area (Å²) in [6.07, 6.45) is 2.06. The molecule has 0 saturated carbocycles. The van der Waals surface area contributed by atoms with E-state index in [0.29, 0.717) is 35.8 Å². The lowest BCUT2D eigenvalue weighted by molar-refractivity contribution is -0.143. The van der Waals surface area contributed by atoms with Gasteiger partial charge in [0.2, 0.25) is 5.75 Å². The van der Waals surface area contributed by atoms with Crippen molar-refractivity contribution in [3.05, 3.63) is 17.7 Å². The number of hydrogen-bond acceptors (Lipinski definition) is 5. The summed E-state index contributed by atoms with van der Waals surface area (Å²) in [5.41, 5.74) is 0.313. The van der Waals surface area contributed by atoms with Crippen LogP contribution in [-0.2, 0) is 4.79 Å². The molecule has 1 saturated heterocycles. The molecule has 126 valence electrons. The normalized spacial score (nSPS) is 17.5. The van der Waals surface area contributed by atoms with E-state index < -0.39 is 12.0 Å². The highest BCUT2D eigenvalue weighted by atomic mass is 16.5. The molecule has 1 heterocycles. The summed E-state index contributed by atoms with van der Waals surface area (Å²) in [5.74, 6) is -0.222. The maximum Gasteiger partial charge on any atom is 0.326 e. The van der Waals surface area contributed by atoms with Gasteiger partial charge in [-0.05, 0) is 31.4 Å². The zero-order valence-corrected chi connectivity index (χ0v) is 13.5. The van der Waals surface area contributed by atoms with Gasteiger partial charge in [-0.15, -0.1) is 0 Å². The van der Waals surface area contributed by atoms with Crippen LogP contribution < -0.4 is 14.2 Å². The average Bonchev–Trinajstić information content (AvgIpc) is 2.59. The first-order chi connectivity index (χ1) is 11.0. The molecular formula is C16H21NO6. The monoisotopic (exact) mass is 323 g/mol. The molecule has 1 fully saturated rings. The van der Waals surface area contributed by atoms with E-state index in [4.69, 9.17) is 14.2 Å². The number of methoxy groups -OCH3 is 3. The van der Waals surface area contributed by atoms with Gasteiger partial charge in [0.05, 0.1) is 21.3 Å². The predicted molar refractivity (Wildman–Crippen MR) is 82.4 cm³/mol. The number of nitrogens with zero attached hydrogens (tertiary/aromatic N) is 1. The second kappa shape index (κ2) is 7.21. The number of amides is 1. The average molecular weight is 323 g/mol. The van der Waals surface area contributed by atoms with Crippen LogP contribution in [-0.4, -0.2) is 55.8 Å². The molecule has 7 heteroatoms.